The molecule has 14 rings (SSSR count). The monoisotopic (exact) mass is 888 g/mol. The number of hydrogen-bond donors (Lipinski definition) is 0. The van der Waals surface area contributed by atoms with Gasteiger partial charge in [-0.3, -0.25) is 0 Å². The van der Waals surface area contributed by atoms with Gasteiger partial charge in [0.15, 0.2) is 0 Å². The summed E-state index contributed by atoms with van der Waals surface area (Å²) >= 11 is 0. The predicted molar refractivity (Wildman–Crippen MR) is 299 cm³/mol. The van der Waals surface area contributed by atoms with Crippen LogP contribution in [0.2, 0.25) is 0 Å². The molecule has 0 unspecified atom stereocenters. The van der Waals surface area contributed by atoms with Gasteiger partial charge in [0.05, 0.1) is 11.0 Å². The van der Waals surface area contributed by atoms with Crippen LogP contribution in [0.4, 0.5) is 17.1 Å². The molecule has 0 atom stereocenters. The van der Waals surface area contributed by atoms with Gasteiger partial charge in [-0.2, -0.15) is 0 Å². The van der Waals surface area contributed by atoms with Crippen LogP contribution in [0.3, 0.4) is 0 Å². The Bertz CT molecular complexity index is 4170. The van der Waals surface area contributed by atoms with E-state index in [1.807, 2.05) is 0 Å². The van der Waals surface area contributed by atoms with Crippen molar-refractivity contribution in [2.45, 2.75) is 0 Å². The van der Waals surface area contributed by atoms with E-state index in [1.54, 1.807) is 0 Å². The molecule has 0 bridgehead atoms. The molecule has 2 nitrogen and oxygen atoms in total. The zero-order valence-corrected chi connectivity index (χ0v) is 38.3. The van der Waals surface area contributed by atoms with Gasteiger partial charge in [0, 0.05) is 33.5 Å². The fourth-order valence-corrected chi connectivity index (χ4v) is 11.2. The highest BCUT2D eigenvalue weighted by Gasteiger charge is 2.20. The summed E-state index contributed by atoms with van der Waals surface area (Å²) in [4.78, 5) is 2.40. The largest absolute Gasteiger partial charge is 0.310 e. The maximum atomic E-state index is 2.43. The van der Waals surface area contributed by atoms with Crippen molar-refractivity contribution in [3.63, 3.8) is 0 Å². The zero-order valence-electron chi connectivity index (χ0n) is 38.3. The first kappa shape index (κ1) is 39.9. The van der Waals surface area contributed by atoms with Crippen LogP contribution >= 0.6 is 0 Å². The second kappa shape index (κ2) is 16.2. The quantitative estimate of drug-likeness (QED) is 0.145. The normalized spacial score (nSPS) is 11.7. The smallest absolute Gasteiger partial charge is 0.0547 e. The zero-order chi connectivity index (χ0) is 46.1. The van der Waals surface area contributed by atoms with E-state index in [4.69, 9.17) is 0 Å². The number of aromatic nitrogens is 1. The SMILES string of the molecule is c1ccc(-n2c3cccc(-c4cccc(N(c5ccc(-c6ccc7c(ccc8ccccc87)c6)cc5)c5ccc(-c6ccc7c(ccc8ccccc87)c6)cc5)c4)c3c3c4ccccc4ccc32)cc1. The summed E-state index contributed by atoms with van der Waals surface area (Å²) in [5.74, 6) is 0. The molecule has 14 aromatic rings. The van der Waals surface area contributed by atoms with Gasteiger partial charge in [0.1, 0.15) is 0 Å². The Kier molecular flexibility index (Phi) is 9.25. The minimum Gasteiger partial charge on any atom is -0.310 e. The third-order valence-corrected chi connectivity index (χ3v) is 14.5. The second-order valence-electron chi connectivity index (χ2n) is 18.5. The number of anilines is 3. The van der Waals surface area contributed by atoms with Gasteiger partial charge in [-0.1, -0.05) is 194 Å². The number of rotatable bonds is 7. The standard InChI is InChI=1S/C68H44N2/c1-2-16-55(17-3-1)70-65-23-11-22-64(68(65)67-63-21-9-6-14-49(63)34-41-66(67)70)52-15-10-18-58(44-52)69(56-35-28-45(29-36-56)50-32-39-61-53(42-50)26-24-47-12-4-7-19-59(47)61)57-37-30-46(31-38-57)51-33-40-62-54(43-51)27-25-48-13-5-8-20-60(48)62/h1-44H. The minimum atomic E-state index is 1.09. The molecule has 0 radical (unpaired) electrons. The van der Waals surface area contributed by atoms with Crippen LogP contribution in [-0.4, -0.2) is 4.57 Å². The molecule has 0 aliphatic rings. The number of fused-ring (bicyclic) bond motifs is 11. The number of para-hydroxylation sites is 1. The minimum absolute atomic E-state index is 1.09. The first-order chi connectivity index (χ1) is 34.7. The first-order valence-corrected chi connectivity index (χ1v) is 24.2. The van der Waals surface area contributed by atoms with Crippen LogP contribution in [0.1, 0.15) is 0 Å². The van der Waals surface area contributed by atoms with Crippen LogP contribution in [-0.2, 0) is 0 Å². The molecule has 0 spiro atoms. The van der Waals surface area contributed by atoms with E-state index in [9.17, 15) is 0 Å². The molecule has 0 aliphatic heterocycles. The fraction of sp³-hybridized carbons (Fsp3) is 0. The van der Waals surface area contributed by atoms with E-state index in [0.717, 1.165) is 28.3 Å². The Labute approximate surface area is 406 Å². The van der Waals surface area contributed by atoms with Crippen LogP contribution in [0.25, 0.3) is 115 Å². The lowest BCUT2D eigenvalue weighted by atomic mass is 9.96. The van der Waals surface area contributed by atoms with Crippen molar-refractivity contribution >= 4 is 92.7 Å². The van der Waals surface area contributed by atoms with Gasteiger partial charge in [0.25, 0.3) is 0 Å². The summed E-state index contributed by atoms with van der Waals surface area (Å²) in [5, 5.41) is 15.1. The van der Waals surface area contributed by atoms with Gasteiger partial charge in [0.2, 0.25) is 0 Å². The highest BCUT2D eigenvalue weighted by molar-refractivity contribution is 6.25. The maximum absolute atomic E-state index is 2.43. The number of benzene rings is 13. The van der Waals surface area contributed by atoms with Crippen LogP contribution in [0, 0.1) is 0 Å². The number of hydrogen-bond acceptors (Lipinski definition) is 1. The molecule has 0 N–H and O–H groups in total. The average Bonchev–Trinajstić information content (AvgIpc) is 3.79. The lowest BCUT2D eigenvalue weighted by molar-refractivity contribution is 1.18. The van der Waals surface area contributed by atoms with Gasteiger partial charge in [-0.15, -0.1) is 0 Å². The van der Waals surface area contributed by atoms with E-state index in [-0.39, 0.29) is 0 Å². The summed E-state index contributed by atoms with van der Waals surface area (Å²) < 4.78 is 2.43. The van der Waals surface area contributed by atoms with Crippen molar-refractivity contribution in [1.82, 2.24) is 4.57 Å². The highest BCUT2D eigenvalue weighted by atomic mass is 15.1. The van der Waals surface area contributed by atoms with Crippen molar-refractivity contribution in [3.05, 3.63) is 267 Å². The average molecular weight is 889 g/mol. The Morgan fingerprint density at radius 3 is 1.33 bits per heavy atom. The van der Waals surface area contributed by atoms with Gasteiger partial charge in [-0.25, -0.2) is 0 Å². The molecule has 0 amide bonds. The van der Waals surface area contributed by atoms with Crippen LogP contribution in [0.5, 0.6) is 0 Å². The summed E-state index contributed by atoms with van der Waals surface area (Å²) in [5.41, 5.74) is 13.9. The molecule has 0 aliphatic carbocycles. The van der Waals surface area contributed by atoms with E-state index in [0.29, 0.717) is 0 Å². The Balaban J connectivity index is 0.907. The third kappa shape index (κ3) is 6.57. The molecule has 326 valence electrons. The van der Waals surface area contributed by atoms with Crippen LogP contribution in [0.15, 0.2) is 267 Å². The van der Waals surface area contributed by atoms with Crippen molar-refractivity contribution in [2.24, 2.45) is 0 Å². The molecule has 1 aromatic heterocycles. The molecule has 13 aromatic carbocycles. The Hall–Kier alpha value is -9.24. The van der Waals surface area contributed by atoms with E-state index >= 15 is 0 Å². The molecule has 0 fully saturated rings. The molecule has 0 saturated heterocycles. The summed E-state index contributed by atoms with van der Waals surface area (Å²) in [6, 6.07) is 98.1. The molecular weight excluding hydrogens is 845 g/mol. The molecule has 0 saturated carbocycles. The Morgan fingerprint density at radius 2 is 0.714 bits per heavy atom. The first-order valence-electron chi connectivity index (χ1n) is 24.2. The van der Waals surface area contributed by atoms with Crippen molar-refractivity contribution in [2.75, 3.05) is 4.90 Å². The van der Waals surface area contributed by atoms with Crippen LogP contribution < -0.4 is 4.90 Å². The molecule has 1 heterocycles. The third-order valence-electron chi connectivity index (χ3n) is 14.5. The molecular formula is C68H44N2. The fourth-order valence-electron chi connectivity index (χ4n) is 11.2. The molecule has 2 heteroatoms. The number of nitrogens with zero attached hydrogens (tertiary/aromatic N) is 2. The lowest BCUT2D eigenvalue weighted by Crippen LogP contribution is -2.10. The van der Waals surface area contributed by atoms with Gasteiger partial charge < -0.3 is 9.47 Å². The van der Waals surface area contributed by atoms with Crippen molar-refractivity contribution < 1.29 is 0 Å². The van der Waals surface area contributed by atoms with E-state index < -0.39 is 0 Å². The summed E-state index contributed by atoms with van der Waals surface area (Å²) in [7, 11) is 0. The maximum Gasteiger partial charge on any atom is 0.0547 e. The lowest BCUT2D eigenvalue weighted by Gasteiger charge is -2.26. The topological polar surface area (TPSA) is 8.17 Å². The van der Waals surface area contributed by atoms with Crippen molar-refractivity contribution in [1.29, 1.82) is 0 Å². The summed E-state index contributed by atoms with van der Waals surface area (Å²) in [6.07, 6.45) is 0. The highest BCUT2D eigenvalue weighted by Crippen LogP contribution is 2.44. The summed E-state index contributed by atoms with van der Waals surface area (Å²) in [6.45, 7) is 0. The second-order valence-corrected chi connectivity index (χ2v) is 18.5. The van der Waals surface area contributed by atoms with Crippen molar-refractivity contribution in [3.8, 4) is 39.1 Å². The van der Waals surface area contributed by atoms with E-state index in [2.05, 4.69) is 276 Å². The predicted octanol–water partition coefficient (Wildman–Crippen LogP) is 19.0. The van der Waals surface area contributed by atoms with E-state index in [1.165, 1.54) is 103 Å². The molecule has 70 heavy (non-hydrogen) atoms. The van der Waals surface area contributed by atoms with Gasteiger partial charge >= 0.3 is 0 Å². The van der Waals surface area contributed by atoms with Gasteiger partial charge in [-0.05, 0) is 160 Å². The Morgan fingerprint density at radius 1 is 0.243 bits per heavy atom.